The molecule has 7 heteroatoms. The van der Waals surface area contributed by atoms with Crippen LogP contribution < -0.4 is 4.74 Å². The van der Waals surface area contributed by atoms with Gasteiger partial charge in [0.25, 0.3) is 0 Å². The fraction of sp³-hybridized carbons (Fsp3) is 0.111. The van der Waals surface area contributed by atoms with Crippen LogP contribution in [0.3, 0.4) is 0 Å². The van der Waals surface area contributed by atoms with Gasteiger partial charge in [-0.25, -0.2) is 13.6 Å². The van der Waals surface area contributed by atoms with Gasteiger partial charge < -0.3 is 9.47 Å². The first-order valence-electron chi connectivity index (χ1n) is 7.21. The maximum Gasteiger partial charge on any atom is 0.348 e. The molecule has 0 bridgehead atoms. The first kappa shape index (κ1) is 17.0. The van der Waals surface area contributed by atoms with Crippen molar-refractivity contribution >= 4 is 33.2 Å². The van der Waals surface area contributed by atoms with E-state index in [1.807, 2.05) is 0 Å². The summed E-state index contributed by atoms with van der Waals surface area (Å²) in [5.41, 5.74) is -0.0160. The van der Waals surface area contributed by atoms with Crippen molar-refractivity contribution < 1.29 is 27.8 Å². The van der Waals surface area contributed by atoms with Gasteiger partial charge in [0.15, 0.2) is 6.61 Å². The maximum absolute atomic E-state index is 13.7. The Kier molecular flexibility index (Phi) is 4.76. The molecule has 4 nitrogen and oxygen atoms in total. The summed E-state index contributed by atoms with van der Waals surface area (Å²) >= 11 is 1.07. The summed E-state index contributed by atoms with van der Waals surface area (Å²) < 4.78 is 37.6. The minimum Gasteiger partial charge on any atom is -0.496 e. The summed E-state index contributed by atoms with van der Waals surface area (Å²) in [5.74, 6) is -2.20. The van der Waals surface area contributed by atoms with E-state index in [0.717, 1.165) is 23.5 Å². The van der Waals surface area contributed by atoms with Crippen molar-refractivity contribution in [2.75, 3.05) is 13.7 Å². The molecular weight excluding hydrogens is 350 g/mol. The summed E-state index contributed by atoms with van der Waals surface area (Å²) in [4.78, 5) is 24.4. The van der Waals surface area contributed by atoms with Crippen LogP contribution in [0, 0.1) is 11.6 Å². The zero-order chi connectivity index (χ0) is 18.0. The van der Waals surface area contributed by atoms with Gasteiger partial charge in [-0.2, -0.15) is 0 Å². The normalized spacial score (nSPS) is 10.7. The number of carbonyl (C=O) groups is 2. The molecule has 0 radical (unpaired) electrons. The predicted molar refractivity (Wildman–Crippen MR) is 89.3 cm³/mol. The number of esters is 1. The number of methoxy groups -OCH3 is 1. The third kappa shape index (κ3) is 3.51. The number of hydrogen-bond acceptors (Lipinski definition) is 5. The lowest BCUT2D eigenvalue weighted by molar-refractivity contribution is 0.0479. The molecule has 0 fully saturated rings. The van der Waals surface area contributed by atoms with Crippen molar-refractivity contribution in [3.8, 4) is 5.75 Å². The number of rotatable bonds is 5. The molecule has 3 aromatic rings. The van der Waals surface area contributed by atoms with Crippen molar-refractivity contribution in [3.63, 3.8) is 0 Å². The fourth-order valence-corrected chi connectivity index (χ4v) is 3.27. The van der Waals surface area contributed by atoms with Crippen LogP contribution in [0.15, 0.2) is 42.5 Å². The summed E-state index contributed by atoms with van der Waals surface area (Å²) in [7, 11) is 1.35. The highest BCUT2D eigenvalue weighted by Crippen LogP contribution is 2.28. The molecule has 0 saturated carbocycles. The van der Waals surface area contributed by atoms with E-state index in [2.05, 4.69) is 0 Å². The smallest absolute Gasteiger partial charge is 0.348 e. The molecule has 0 amide bonds. The van der Waals surface area contributed by atoms with Crippen LogP contribution in [0.2, 0.25) is 0 Å². The van der Waals surface area contributed by atoms with Crippen LogP contribution in [-0.4, -0.2) is 25.5 Å². The standard InChI is InChI=1S/C18H12F2O4S/c1-23-15-6-5-10(19)7-12(15)14(21)9-24-18(22)17-8-11-13(20)3-2-4-16(11)25-17/h2-8H,9H2,1H3. The van der Waals surface area contributed by atoms with E-state index in [4.69, 9.17) is 9.47 Å². The Balaban J connectivity index is 1.74. The second-order valence-corrected chi connectivity index (χ2v) is 6.19. The van der Waals surface area contributed by atoms with Crippen LogP contribution in [0.1, 0.15) is 20.0 Å². The molecule has 3 rings (SSSR count). The second kappa shape index (κ2) is 6.98. The minimum atomic E-state index is -0.746. The number of ketones is 1. The third-order valence-corrected chi connectivity index (χ3v) is 4.59. The Labute approximate surface area is 145 Å². The van der Waals surface area contributed by atoms with Crippen LogP contribution in [0.5, 0.6) is 5.75 Å². The highest BCUT2D eigenvalue weighted by molar-refractivity contribution is 7.20. The Morgan fingerprint density at radius 2 is 1.92 bits per heavy atom. The quantitative estimate of drug-likeness (QED) is 0.504. The van der Waals surface area contributed by atoms with Crippen molar-refractivity contribution in [2.24, 2.45) is 0 Å². The van der Waals surface area contributed by atoms with Gasteiger partial charge in [-0.3, -0.25) is 4.79 Å². The van der Waals surface area contributed by atoms with Crippen molar-refractivity contribution in [2.45, 2.75) is 0 Å². The van der Waals surface area contributed by atoms with E-state index in [0.29, 0.717) is 10.1 Å². The van der Waals surface area contributed by atoms with Crippen LogP contribution >= 0.6 is 11.3 Å². The molecule has 1 aromatic heterocycles. The maximum atomic E-state index is 13.7. The number of benzene rings is 2. The van der Waals surface area contributed by atoms with Gasteiger partial charge in [0.2, 0.25) is 5.78 Å². The van der Waals surface area contributed by atoms with Gasteiger partial charge in [-0.15, -0.1) is 11.3 Å². The van der Waals surface area contributed by atoms with E-state index in [1.165, 1.54) is 25.3 Å². The van der Waals surface area contributed by atoms with E-state index in [9.17, 15) is 18.4 Å². The molecule has 128 valence electrons. The summed E-state index contributed by atoms with van der Waals surface area (Å²) in [5, 5.41) is 0.317. The van der Waals surface area contributed by atoms with Gasteiger partial charge in [-0.05, 0) is 36.4 Å². The third-order valence-electron chi connectivity index (χ3n) is 3.51. The first-order chi connectivity index (χ1) is 12.0. The number of carbonyl (C=O) groups excluding carboxylic acids is 2. The van der Waals surface area contributed by atoms with Crippen molar-refractivity contribution in [1.82, 2.24) is 0 Å². The van der Waals surface area contributed by atoms with Crippen LogP contribution in [0.4, 0.5) is 8.78 Å². The molecule has 0 spiro atoms. The molecule has 0 saturated heterocycles. The zero-order valence-electron chi connectivity index (χ0n) is 13.0. The van der Waals surface area contributed by atoms with Crippen LogP contribution in [-0.2, 0) is 4.74 Å². The molecule has 0 N–H and O–H groups in total. The molecular formula is C18H12F2O4S. The number of thiophene rings is 1. The lowest BCUT2D eigenvalue weighted by atomic mass is 10.1. The summed E-state index contributed by atoms with van der Waals surface area (Å²) in [6, 6.07) is 9.40. The second-order valence-electron chi connectivity index (χ2n) is 5.11. The lowest BCUT2D eigenvalue weighted by Crippen LogP contribution is -2.14. The summed E-state index contributed by atoms with van der Waals surface area (Å²) in [6.45, 7) is -0.574. The average Bonchev–Trinajstić information content (AvgIpc) is 3.05. The number of ether oxygens (including phenoxy) is 2. The molecule has 0 aliphatic rings. The molecule has 0 aliphatic carbocycles. The number of hydrogen-bond donors (Lipinski definition) is 0. The van der Waals surface area contributed by atoms with Crippen molar-refractivity contribution in [1.29, 1.82) is 0 Å². The van der Waals surface area contributed by atoms with Gasteiger partial charge in [0.05, 0.1) is 12.7 Å². The van der Waals surface area contributed by atoms with Gasteiger partial charge in [0.1, 0.15) is 22.3 Å². The predicted octanol–water partition coefficient (Wildman–Crippen LogP) is 4.23. The zero-order valence-corrected chi connectivity index (χ0v) is 13.9. The van der Waals surface area contributed by atoms with E-state index in [1.54, 1.807) is 12.1 Å². The van der Waals surface area contributed by atoms with E-state index < -0.39 is 30.0 Å². The highest BCUT2D eigenvalue weighted by Gasteiger charge is 2.18. The monoisotopic (exact) mass is 362 g/mol. The Morgan fingerprint density at radius 3 is 2.64 bits per heavy atom. The number of halogens is 2. The Hall–Kier alpha value is -2.80. The Bertz CT molecular complexity index is 965. The topological polar surface area (TPSA) is 52.6 Å². The molecule has 1 heterocycles. The van der Waals surface area contributed by atoms with E-state index >= 15 is 0 Å². The van der Waals surface area contributed by atoms with Gasteiger partial charge >= 0.3 is 5.97 Å². The largest absolute Gasteiger partial charge is 0.496 e. The minimum absolute atomic E-state index is 0.0160. The molecule has 25 heavy (non-hydrogen) atoms. The molecule has 0 atom stereocenters. The van der Waals surface area contributed by atoms with Crippen LogP contribution in [0.25, 0.3) is 10.1 Å². The number of Topliss-reactive ketones (excluding diaryl/α,β-unsaturated/α-hetero) is 1. The average molecular weight is 362 g/mol. The molecule has 2 aromatic carbocycles. The lowest BCUT2D eigenvalue weighted by Gasteiger charge is -2.08. The SMILES string of the molecule is COc1ccc(F)cc1C(=O)COC(=O)c1cc2c(F)cccc2s1. The molecule has 0 aliphatic heterocycles. The van der Waals surface area contributed by atoms with E-state index in [-0.39, 0.29) is 16.2 Å². The van der Waals surface area contributed by atoms with Gasteiger partial charge in [0, 0.05) is 10.1 Å². The summed E-state index contributed by atoms with van der Waals surface area (Å²) in [6.07, 6.45) is 0. The fourth-order valence-electron chi connectivity index (χ4n) is 2.30. The van der Waals surface area contributed by atoms with Crippen molar-refractivity contribution in [3.05, 3.63) is 64.5 Å². The number of fused-ring (bicyclic) bond motifs is 1. The highest BCUT2D eigenvalue weighted by atomic mass is 32.1. The van der Waals surface area contributed by atoms with Gasteiger partial charge in [-0.1, -0.05) is 6.07 Å². The Morgan fingerprint density at radius 1 is 1.12 bits per heavy atom. The first-order valence-corrected chi connectivity index (χ1v) is 8.03. The molecule has 0 unspecified atom stereocenters.